The van der Waals surface area contributed by atoms with E-state index in [0.717, 1.165) is 12.8 Å². The van der Waals surface area contributed by atoms with E-state index in [0.29, 0.717) is 25.4 Å². The van der Waals surface area contributed by atoms with Gasteiger partial charge in [-0.15, -0.1) is 0 Å². The Balaban J connectivity index is 1.80. The zero-order chi connectivity index (χ0) is 13.1. The summed E-state index contributed by atoms with van der Waals surface area (Å²) >= 11 is 0. The van der Waals surface area contributed by atoms with Crippen molar-refractivity contribution in [3.05, 3.63) is 0 Å². The highest BCUT2D eigenvalue weighted by Crippen LogP contribution is 2.24. The Morgan fingerprint density at radius 2 is 2.06 bits per heavy atom. The van der Waals surface area contributed by atoms with Crippen LogP contribution in [-0.4, -0.2) is 41.1 Å². The number of hydrogen-bond donors (Lipinski definition) is 2. The summed E-state index contributed by atoms with van der Waals surface area (Å²) in [5.74, 6) is -0.507. The lowest BCUT2D eigenvalue weighted by molar-refractivity contribution is -0.141. The smallest absolute Gasteiger partial charge is 0.317 e. The molecular formula is C13H22N2O3. The van der Waals surface area contributed by atoms with Crippen LogP contribution in [0.5, 0.6) is 0 Å². The third-order valence-corrected chi connectivity index (χ3v) is 4.09. The summed E-state index contributed by atoms with van der Waals surface area (Å²) in [7, 11) is 0. The second kappa shape index (κ2) is 5.59. The van der Waals surface area contributed by atoms with Gasteiger partial charge in [0, 0.05) is 19.1 Å². The molecule has 1 heterocycles. The number of rotatable bonds is 2. The van der Waals surface area contributed by atoms with Gasteiger partial charge < -0.3 is 15.3 Å². The average molecular weight is 254 g/mol. The minimum absolute atomic E-state index is 0.0853. The SMILES string of the molecule is CC1CCCC(NC(=O)N2CCC(C(=O)O)C2)C1. The summed E-state index contributed by atoms with van der Waals surface area (Å²) in [4.78, 5) is 24.5. The molecule has 2 amide bonds. The number of carbonyl (C=O) groups excluding carboxylic acids is 1. The first-order chi connectivity index (χ1) is 8.56. The standard InChI is InChI=1S/C13H22N2O3/c1-9-3-2-4-11(7-9)14-13(18)15-6-5-10(8-15)12(16)17/h9-11H,2-8H2,1H3,(H,14,18)(H,16,17). The largest absolute Gasteiger partial charge is 0.481 e. The number of nitrogens with zero attached hydrogens (tertiary/aromatic N) is 1. The number of urea groups is 1. The van der Waals surface area contributed by atoms with Crippen molar-refractivity contribution in [3.8, 4) is 0 Å². The molecule has 102 valence electrons. The summed E-state index contributed by atoms with van der Waals surface area (Å²) in [5, 5.41) is 12.0. The van der Waals surface area contributed by atoms with Crippen molar-refractivity contribution in [1.82, 2.24) is 10.2 Å². The molecule has 2 N–H and O–H groups in total. The molecular weight excluding hydrogens is 232 g/mol. The molecule has 0 aromatic heterocycles. The number of hydrogen-bond acceptors (Lipinski definition) is 2. The zero-order valence-corrected chi connectivity index (χ0v) is 10.9. The topological polar surface area (TPSA) is 69.6 Å². The Bertz CT molecular complexity index is 332. The number of aliphatic carboxylic acids is 1. The van der Waals surface area contributed by atoms with Gasteiger partial charge in [-0.05, 0) is 25.2 Å². The highest BCUT2D eigenvalue weighted by atomic mass is 16.4. The summed E-state index contributed by atoms with van der Waals surface area (Å²) in [6.45, 7) is 3.13. The predicted molar refractivity (Wildman–Crippen MR) is 67.3 cm³/mol. The maximum atomic E-state index is 12.0. The number of nitrogens with one attached hydrogen (secondary N) is 1. The lowest BCUT2D eigenvalue weighted by atomic mass is 9.87. The molecule has 1 aliphatic heterocycles. The monoisotopic (exact) mass is 254 g/mol. The van der Waals surface area contributed by atoms with E-state index in [1.54, 1.807) is 4.90 Å². The van der Waals surface area contributed by atoms with Crippen LogP contribution < -0.4 is 5.32 Å². The van der Waals surface area contributed by atoms with E-state index < -0.39 is 5.97 Å². The van der Waals surface area contributed by atoms with Crippen LogP contribution in [0, 0.1) is 11.8 Å². The van der Waals surface area contributed by atoms with Gasteiger partial charge in [-0.25, -0.2) is 4.79 Å². The normalized spacial score (nSPS) is 32.3. The van der Waals surface area contributed by atoms with Crippen molar-refractivity contribution in [3.63, 3.8) is 0 Å². The highest BCUT2D eigenvalue weighted by Gasteiger charge is 2.32. The van der Waals surface area contributed by atoms with E-state index in [1.165, 1.54) is 12.8 Å². The summed E-state index contributed by atoms with van der Waals surface area (Å²) in [6, 6.07) is 0.183. The number of amides is 2. The molecule has 0 aromatic carbocycles. The van der Waals surface area contributed by atoms with E-state index in [4.69, 9.17) is 5.11 Å². The van der Waals surface area contributed by atoms with Crippen LogP contribution in [0.1, 0.15) is 39.0 Å². The second-order valence-electron chi connectivity index (χ2n) is 5.69. The van der Waals surface area contributed by atoms with Gasteiger partial charge in [-0.3, -0.25) is 4.79 Å². The van der Waals surface area contributed by atoms with E-state index in [1.807, 2.05) is 0 Å². The van der Waals surface area contributed by atoms with E-state index >= 15 is 0 Å². The summed E-state index contributed by atoms with van der Waals surface area (Å²) in [6.07, 6.45) is 5.08. The maximum absolute atomic E-state index is 12.0. The Kier molecular flexibility index (Phi) is 4.09. The van der Waals surface area contributed by atoms with Crippen molar-refractivity contribution in [2.45, 2.75) is 45.1 Å². The van der Waals surface area contributed by atoms with E-state index in [2.05, 4.69) is 12.2 Å². The molecule has 3 atom stereocenters. The average Bonchev–Trinajstić information content (AvgIpc) is 2.78. The first kappa shape index (κ1) is 13.2. The minimum atomic E-state index is -0.795. The van der Waals surface area contributed by atoms with Gasteiger partial charge in [0.05, 0.1) is 5.92 Å². The van der Waals surface area contributed by atoms with Gasteiger partial charge in [-0.1, -0.05) is 19.8 Å². The van der Waals surface area contributed by atoms with Gasteiger partial charge in [0.25, 0.3) is 0 Å². The minimum Gasteiger partial charge on any atom is -0.481 e. The van der Waals surface area contributed by atoms with Crippen LogP contribution in [0.15, 0.2) is 0 Å². The van der Waals surface area contributed by atoms with Crippen molar-refractivity contribution in [2.75, 3.05) is 13.1 Å². The molecule has 1 saturated carbocycles. The quantitative estimate of drug-likeness (QED) is 0.787. The van der Waals surface area contributed by atoms with Gasteiger partial charge in [0.15, 0.2) is 0 Å². The van der Waals surface area contributed by atoms with Gasteiger partial charge in [-0.2, -0.15) is 0 Å². The Labute approximate surface area is 108 Å². The highest BCUT2D eigenvalue weighted by molar-refractivity contribution is 5.77. The molecule has 5 heteroatoms. The van der Waals surface area contributed by atoms with Gasteiger partial charge in [0.1, 0.15) is 0 Å². The van der Waals surface area contributed by atoms with Crippen LogP contribution in [-0.2, 0) is 4.79 Å². The molecule has 18 heavy (non-hydrogen) atoms. The molecule has 2 rings (SSSR count). The molecule has 5 nitrogen and oxygen atoms in total. The van der Waals surface area contributed by atoms with Crippen LogP contribution in [0.25, 0.3) is 0 Å². The van der Waals surface area contributed by atoms with Crippen LogP contribution in [0.2, 0.25) is 0 Å². The summed E-state index contributed by atoms with van der Waals surface area (Å²) in [5.41, 5.74) is 0. The molecule has 0 spiro atoms. The molecule has 2 fully saturated rings. The Morgan fingerprint density at radius 3 is 2.67 bits per heavy atom. The third kappa shape index (κ3) is 3.15. The fourth-order valence-corrected chi connectivity index (χ4v) is 2.98. The number of carboxylic acids is 1. The van der Waals surface area contributed by atoms with Crippen molar-refractivity contribution in [2.24, 2.45) is 11.8 Å². The molecule has 1 saturated heterocycles. The fraction of sp³-hybridized carbons (Fsp3) is 0.846. The van der Waals surface area contributed by atoms with E-state index in [9.17, 15) is 9.59 Å². The molecule has 3 unspecified atom stereocenters. The molecule has 0 aromatic rings. The first-order valence-corrected chi connectivity index (χ1v) is 6.84. The van der Waals surface area contributed by atoms with Gasteiger partial charge in [0.2, 0.25) is 0 Å². The van der Waals surface area contributed by atoms with E-state index in [-0.39, 0.29) is 18.0 Å². The second-order valence-corrected chi connectivity index (χ2v) is 5.69. The molecule has 0 radical (unpaired) electrons. The van der Waals surface area contributed by atoms with Crippen LogP contribution >= 0.6 is 0 Å². The Hall–Kier alpha value is -1.26. The van der Waals surface area contributed by atoms with Crippen LogP contribution in [0.3, 0.4) is 0 Å². The fourth-order valence-electron chi connectivity index (χ4n) is 2.98. The first-order valence-electron chi connectivity index (χ1n) is 6.84. The Morgan fingerprint density at radius 1 is 1.28 bits per heavy atom. The molecule has 1 aliphatic carbocycles. The third-order valence-electron chi connectivity index (χ3n) is 4.09. The van der Waals surface area contributed by atoms with Gasteiger partial charge >= 0.3 is 12.0 Å². The number of carbonyl (C=O) groups is 2. The predicted octanol–water partition coefficient (Wildman–Crippen LogP) is 1.68. The zero-order valence-electron chi connectivity index (χ0n) is 10.9. The van der Waals surface area contributed by atoms with Crippen LogP contribution in [0.4, 0.5) is 4.79 Å². The maximum Gasteiger partial charge on any atom is 0.317 e. The van der Waals surface area contributed by atoms with Crippen molar-refractivity contribution >= 4 is 12.0 Å². The lowest BCUT2D eigenvalue weighted by Gasteiger charge is -2.29. The van der Waals surface area contributed by atoms with Crippen molar-refractivity contribution < 1.29 is 14.7 Å². The van der Waals surface area contributed by atoms with Crippen molar-refractivity contribution in [1.29, 1.82) is 0 Å². The molecule has 0 bridgehead atoms. The number of likely N-dealkylation sites (tertiary alicyclic amines) is 1. The molecule has 2 aliphatic rings. The lowest BCUT2D eigenvalue weighted by Crippen LogP contribution is -2.45. The summed E-state index contributed by atoms with van der Waals surface area (Å²) < 4.78 is 0. The number of carboxylic acid groups (broad SMARTS) is 1.